The number of hydrogen-bond donors (Lipinski definition) is 0. The van der Waals surface area contributed by atoms with Gasteiger partial charge in [0.2, 0.25) is 0 Å². The maximum atomic E-state index is 5.30. The Bertz CT molecular complexity index is 2130. The molecule has 0 radical (unpaired) electrons. The molecule has 0 aliphatic carbocycles. The van der Waals surface area contributed by atoms with Crippen molar-refractivity contribution in [3.63, 3.8) is 0 Å². The summed E-state index contributed by atoms with van der Waals surface area (Å²) in [6, 6.07) is 44.6. The smallest absolute Gasteiger partial charge is 0.0715 e. The van der Waals surface area contributed by atoms with Crippen LogP contribution in [0.1, 0.15) is 85.0 Å². The molecule has 48 heavy (non-hydrogen) atoms. The standard InChI is InChI=1S/C46H42N2/c1-6-33(4)38-24-19-36(20-25-38)17-18-37-21-26-40(27-22-37)43(28-23-35-13-9-7-10-14-35)47-45-31-42-41(39-15-11-8-12-16-39)30-44(32(2)3)48-46(42)29-34(45)5/h7-16,19-33H,6H2,1-5H3/b28-23+,47-43?. The number of aromatic nitrogens is 1. The lowest BCUT2D eigenvalue weighted by atomic mass is 9.96. The summed E-state index contributed by atoms with van der Waals surface area (Å²) in [5.74, 6) is 7.57. The van der Waals surface area contributed by atoms with E-state index in [0.717, 1.165) is 62.2 Å². The Kier molecular flexibility index (Phi) is 10.1. The van der Waals surface area contributed by atoms with Crippen molar-refractivity contribution in [2.45, 2.75) is 52.9 Å². The molecule has 0 saturated carbocycles. The van der Waals surface area contributed by atoms with Crippen molar-refractivity contribution in [1.82, 2.24) is 4.98 Å². The maximum absolute atomic E-state index is 5.30. The highest BCUT2D eigenvalue weighted by atomic mass is 14.8. The number of aryl methyl sites for hydroxylation is 1. The van der Waals surface area contributed by atoms with Crippen LogP contribution in [0.5, 0.6) is 0 Å². The molecule has 1 atom stereocenters. The average Bonchev–Trinajstić information content (AvgIpc) is 3.13. The van der Waals surface area contributed by atoms with E-state index in [4.69, 9.17) is 9.98 Å². The molecular formula is C46H42N2. The summed E-state index contributed by atoms with van der Waals surface area (Å²) < 4.78 is 0. The fourth-order valence-corrected chi connectivity index (χ4v) is 5.73. The molecule has 0 bridgehead atoms. The number of rotatable bonds is 8. The van der Waals surface area contributed by atoms with Gasteiger partial charge in [0.15, 0.2) is 0 Å². The number of benzene rings is 5. The second-order valence-electron chi connectivity index (χ2n) is 12.8. The first kappa shape index (κ1) is 32.4. The Morgan fingerprint density at radius 1 is 0.750 bits per heavy atom. The van der Waals surface area contributed by atoms with Crippen molar-refractivity contribution >= 4 is 28.4 Å². The van der Waals surface area contributed by atoms with Crippen LogP contribution in [0.4, 0.5) is 5.69 Å². The summed E-state index contributed by atoms with van der Waals surface area (Å²) in [5, 5.41) is 1.10. The average molecular weight is 623 g/mol. The minimum Gasteiger partial charge on any atom is -0.253 e. The van der Waals surface area contributed by atoms with Crippen LogP contribution in [-0.4, -0.2) is 10.7 Å². The largest absolute Gasteiger partial charge is 0.253 e. The summed E-state index contributed by atoms with van der Waals surface area (Å²) >= 11 is 0. The summed E-state index contributed by atoms with van der Waals surface area (Å²) in [6.07, 6.45) is 5.36. The van der Waals surface area contributed by atoms with Gasteiger partial charge >= 0.3 is 0 Å². The zero-order valence-corrected chi connectivity index (χ0v) is 28.5. The predicted octanol–water partition coefficient (Wildman–Crippen LogP) is 12.1. The van der Waals surface area contributed by atoms with Crippen LogP contribution < -0.4 is 0 Å². The maximum Gasteiger partial charge on any atom is 0.0715 e. The molecule has 0 aliphatic rings. The predicted molar refractivity (Wildman–Crippen MR) is 205 cm³/mol. The third-order valence-corrected chi connectivity index (χ3v) is 8.92. The van der Waals surface area contributed by atoms with E-state index in [1.807, 2.05) is 6.07 Å². The molecule has 1 unspecified atom stereocenters. The first-order chi connectivity index (χ1) is 23.4. The summed E-state index contributed by atoms with van der Waals surface area (Å²) in [4.78, 5) is 10.4. The van der Waals surface area contributed by atoms with Gasteiger partial charge in [-0.15, -0.1) is 0 Å². The molecule has 0 N–H and O–H groups in total. The van der Waals surface area contributed by atoms with Gasteiger partial charge < -0.3 is 0 Å². The summed E-state index contributed by atoms with van der Waals surface area (Å²) in [7, 11) is 0. The third-order valence-electron chi connectivity index (χ3n) is 8.92. The molecule has 0 amide bonds. The van der Waals surface area contributed by atoms with E-state index >= 15 is 0 Å². The topological polar surface area (TPSA) is 25.2 Å². The lowest BCUT2D eigenvalue weighted by Crippen LogP contribution is -1.98. The summed E-state index contributed by atoms with van der Waals surface area (Å²) in [6.45, 7) is 11.0. The molecule has 0 saturated heterocycles. The van der Waals surface area contributed by atoms with Gasteiger partial charge in [-0.3, -0.25) is 4.98 Å². The van der Waals surface area contributed by atoms with E-state index in [1.165, 1.54) is 16.7 Å². The Balaban J connectivity index is 1.40. The Hall–Kier alpha value is -5.52. The molecule has 2 nitrogen and oxygen atoms in total. The molecule has 236 valence electrons. The van der Waals surface area contributed by atoms with Crippen LogP contribution in [0, 0.1) is 18.8 Å². The van der Waals surface area contributed by atoms with Crippen molar-refractivity contribution in [2.24, 2.45) is 4.99 Å². The van der Waals surface area contributed by atoms with E-state index in [2.05, 4.69) is 180 Å². The van der Waals surface area contributed by atoms with E-state index in [-0.39, 0.29) is 0 Å². The molecule has 1 aromatic heterocycles. The second-order valence-corrected chi connectivity index (χ2v) is 12.8. The van der Waals surface area contributed by atoms with E-state index < -0.39 is 0 Å². The minimum absolute atomic E-state index is 0.326. The van der Waals surface area contributed by atoms with Gasteiger partial charge in [-0.25, -0.2) is 4.99 Å². The quantitative estimate of drug-likeness (QED) is 0.122. The molecule has 0 aliphatic heterocycles. The molecule has 6 aromatic rings. The second kappa shape index (κ2) is 14.9. The number of hydrogen-bond acceptors (Lipinski definition) is 2. The number of allylic oxidation sites excluding steroid dienone is 1. The minimum atomic E-state index is 0.326. The van der Waals surface area contributed by atoms with Crippen LogP contribution in [0.25, 0.3) is 28.1 Å². The highest BCUT2D eigenvalue weighted by molar-refractivity contribution is 6.12. The Labute approximate surface area is 286 Å². The third kappa shape index (κ3) is 7.71. The fourth-order valence-electron chi connectivity index (χ4n) is 5.73. The van der Waals surface area contributed by atoms with Crippen molar-refractivity contribution in [3.05, 3.63) is 173 Å². The van der Waals surface area contributed by atoms with Crippen LogP contribution in [0.3, 0.4) is 0 Å². The van der Waals surface area contributed by atoms with Crippen LogP contribution >= 0.6 is 0 Å². The highest BCUT2D eigenvalue weighted by Crippen LogP contribution is 2.35. The number of nitrogens with zero attached hydrogens (tertiary/aromatic N) is 2. The zero-order chi connectivity index (χ0) is 33.5. The van der Waals surface area contributed by atoms with Gasteiger partial charge in [0.25, 0.3) is 0 Å². The van der Waals surface area contributed by atoms with Gasteiger partial charge in [0, 0.05) is 27.8 Å². The molecule has 5 aromatic carbocycles. The molecule has 1 heterocycles. The lowest BCUT2D eigenvalue weighted by molar-refractivity contribution is 0.733. The van der Waals surface area contributed by atoms with Crippen molar-refractivity contribution < 1.29 is 0 Å². The normalized spacial score (nSPS) is 12.3. The fraction of sp³-hybridized carbons (Fsp3) is 0.174. The number of pyridine rings is 1. The van der Waals surface area contributed by atoms with Crippen LogP contribution in [-0.2, 0) is 0 Å². The van der Waals surface area contributed by atoms with Gasteiger partial charge in [-0.05, 0) is 102 Å². The van der Waals surface area contributed by atoms with E-state index in [9.17, 15) is 0 Å². The monoisotopic (exact) mass is 622 g/mol. The zero-order valence-electron chi connectivity index (χ0n) is 28.5. The van der Waals surface area contributed by atoms with E-state index in [0.29, 0.717) is 11.8 Å². The Morgan fingerprint density at radius 3 is 2.00 bits per heavy atom. The van der Waals surface area contributed by atoms with Crippen LogP contribution in [0.15, 0.2) is 138 Å². The SMILES string of the molecule is CCC(C)c1ccc(C#Cc2ccc(C(/C=C/c3ccccc3)=Nc3cc4c(-c5ccccc5)cc(C(C)C)nc4cc3C)cc2)cc1. The molecule has 6 rings (SSSR count). The van der Waals surface area contributed by atoms with Gasteiger partial charge in [0.05, 0.1) is 16.9 Å². The first-order valence-corrected chi connectivity index (χ1v) is 16.9. The lowest BCUT2D eigenvalue weighted by Gasteiger charge is -2.14. The van der Waals surface area contributed by atoms with Crippen molar-refractivity contribution in [2.75, 3.05) is 0 Å². The van der Waals surface area contributed by atoms with Crippen molar-refractivity contribution in [1.29, 1.82) is 0 Å². The molecule has 0 fully saturated rings. The Morgan fingerprint density at radius 2 is 1.38 bits per heavy atom. The number of aliphatic imine (C=N–C) groups is 1. The molecule has 0 spiro atoms. The highest BCUT2D eigenvalue weighted by Gasteiger charge is 2.13. The van der Waals surface area contributed by atoms with Gasteiger partial charge in [-0.1, -0.05) is 131 Å². The molecule has 2 heteroatoms. The van der Waals surface area contributed by atoms with Gasteiger partial charge in [0.1, 0.15) is 0 Å². The first-order valence-electron chi connectivity index (χ1n) is 16.9. The van der Waals surface area contributed by atoms with E-state index in [1.54, 1.807) is 0 Å². The number of fused-ring (bicyclic) bond motifs is 1. The molecular weight excluding hydrogens is 581 g/mol. The van der Waals surface area contributed by atoms with Gasteiger partial charge in [-0.2, -0.15) is 0 Å². The van der Waals surface area contributed by atoms with Crippen LogP contribution in [0.2, 0.25) is 0 Å². The summed E-state index contributed by atoms with van der Waals surface area (Å²) in [5.41, 5.74) is 12.8. The van der Waals surface area contributed by atoms with Crippen molar-refractivity contribution in [3.8, 4) is 23.0 Å².